The first-order chi connectivity index (χ1) is 8.06. The van der Waals surface area contributed by atoms with E-state index in [1.165, 1.54) is 7.11 Å². The molecule has 0 spiro atoms. The van der Waals surface area contributed by atoms with Crippen LogP contribution in [-0.4, -0.2) is 25.0 Å². The van der Waals surface area contributed by atoms with Gasteiger partial charge in [-0.25, -0.2) is 4.79 Å². The van der Waals surface area contributed by atoms with Crippen molar-refractivity contribution < 1.29 is 24.1 Å². The van der Waals surface area contributed by atoms with Gasteiger partial charge in [0.25, 0.3) is 0 Å². The standard InChI is InChI=1S/C11H11BrO5/c1-5-3-6-10(17-4-16-6)8(12)7(5)9(13)11(14)15-2/h3,9,13H,4H2,1-2H3. The van der Waals surface area contributed by atoms with Gasteiger partial charge >= 0.3 is 5.97 Å². The Morgan fingerprint density at radius 2 is 2.29 bits per heavy atom. The van der Waals surface area contributed by atoms with Crippen molar-refractivity contribution in [3.05, 3.63) is 21.7 Å². The van der Waals surface area contributed by atoms with E-state index in [1.54, 1.807) is 13.0 Å². The van der Waals surface area contributed by atoms with Crippen LogP contribution in [0.5, 0.6) is 11.5 Å². The fourth-order valence-corrected chi connectivity index (χ4v) is 2.54. The number of carbonyl (C=O) groups excluding carboxylic acids is 1. The maximum Gasteiger partial charge on any atom is 0.339 e. The van der Waals surface area contributed by atoms with Crippen molar-refractivity contribution in [1.82, 2.24) is 0 Å². The number of aliphatic hydroxyl groups is 1. The number of fused-ring (bicyclic) bond motifs is 1. The highest BCUT2D eigenvalue weighted by Gasteiger charge is 2.28. The smallest absolute Gasteiger partial charge is 0.339 e. The van der Waals surface area contributed by atoms with E-state index in [4.69, 9.17) is 9.47 Å². The minimum Gasteiger partial charge on any atom is -0.467 e. The number of ether oxygens (including phenoxy) is 3. The van der Waals surface area contributed by atoms with Gasteiger partial charge in [0.15, 0.2) is 17.6 Å². The van der Waals surface area contributed by atoms with E-state index in [0.29, 0.717) is 21.5 Å². The molecule has 1 aromatic rings. The zero-order chi connectivity index (χ0) is 12.6. The number of aliphatic hydroxyl groups excluding tert-OH is 1. The minimum atomic E-state index is -1.34. The molecule has 6 heteroatoms. The number of carbonyl (C=O) groups is 1. The Labute approximate surface area is 106 Å². The first kappa shape index (κ1) is 12.2. The summed E-state index contributed by atoms with van der Waals surface area (Å²) in [5.41, 5.74) is 1.15. The van der Waals surface area contributed by atoms with E-state index in [0.717, 1.165) is 5.56 Å². The number of aryl methyl sites for hydroxylation is 1. The predicted molar refractivity (Wildman–Crippen MR) is 62.0 cm³/mol. The zero-order valence-corrected chi connectivity index (χ0v) is 10.9. The van der Waals surface area contributed by atoms with Gasteiger partial charge in [0.05, 0.1) is 11.6 Å². The average molecular weight is 303 g/mol. The number of benzene rings is 1. The largest absolute Gasteiger partial charge is 0.467 e. The highest BCUT2D eigenvalue weighted by molar-refractivity contribution is 9.10. The summed E-state index contributed by atoms with van der Waals surface area (Å²) < 4.78 is 15.5. The number of halogens is 1. The number of hydrogen-bond donors (Lipinski definition) is 1. The molecule has 0 aromatic heterocycles. The van der Waals surface area contributed by atoms with Crippen LogP contribution in [0.2, 0.25) is 0 Å². The van der Waals surface area contributed by atoms with Crippen LogP contribution >= 0.6 is 15.9 Å². The van der Waals surface area contributed by atoms with Crippen molar-refractivity contribution in [3.8, 4) is 11.5 Å². The molecule has 0 bridgehead atoms. The quantitative estimate of drug-likeness (QED) is 0.842. The molecular formula is C11H11BrO5. The fraction of sp³-hybridized carbons (Fsp3) is 0.364. The molecule has 5 nitrogen and oxygen atoms in total. The monoisotopic (exact) mass is 302 g/mol. The normalized spacial score (nSPS) is 14.6. The lowest BCUT2D eigenvalue weighted by atomic mass is 10.0. The molecule has 1 aliphatic heterocycles. The Hall–Kier alpha value is -1.27. The maximum atomic E-state index is 11.4. The topological polar surface area (TPSA) is 65.0 Å². The van der Waals surface area contributed by atoms with Crippen LogP contribution in [0.1, 0.15) is 17.2 Å². The van der Waals surface area contributed by atoms with Crippen molar-refractivity contribution in [2.24, 2.45) is 0 Å². The van der Waals surface area contributed by atoms with Gasteiger partial charge in [0, 0.05) is 5.56 Å². The van der Waals surface area contributed by atoms with Crippen molar-refractivity contribution in [2.45, 2.75) is 13.0 Å². The summed E-state index contributed by atoms with van der Waals surface area (Å²) in [6, 6.07) is 1.72. The van der Waals surface area contributed by atoms with Crippen LogP contribution in [0.15, 0.2) is 10.5 Å². The summed E-state index contributed by atoms with van der Waals surface area (Å²) in [5, 5.41) is 9.88. The third-order valence-corrected chi connectivity index (χ3v) is 3.33. The Morgan fingerprint density at radius 1 is 1.59 bits per heavy atom. The predicted octanol–water partition coefficient (Wildman–Crippen LogP) is 1.69. The van der Waals surface area contributed by atoms with Gasteiger partial charge < -0.3 is 19.3 Å². The number of methoxy groups -OCH3 is 1. The van der Waals surface area contributed by atoms with Gasteiger partial charge in [0.2, 0.25) is 6.79 Å². The second kappa shape index (κ2) is 4.54. The van der Waals surface area contributed by atoms with E-state index in [1.807, 2.05) is 0 Å². The second-order valence-corrected chi connectivity index (χ2v) is 4.37. The third kappa shape index (κ3) is 1.98. The molecule has 1 aromatic carbocycles. The van der Waals surface area contributed by atoms with Crippen LogP contribution < -0.4 is 9.47 Å². The van der Waals surface area contributed by atoms with Gasteiger partial charge in [-0.1, -0.05) is 0 Å². The lowest BCUT2D eigenvalue weighted by Crippen LogP contribution is -2.15. The van der Waals surface area contributed by atoms with Crippen molar-refractivity contribution >= 4 is 21.9 Å². The SMILES string of the molecule is COC(=O)C(O)c1c(C)cc2c(c1Br)OCO2. The highest BCUT2D eigenvalue weighted by Crippen LogP contribution is 2.44. The first-order valence-corrected chi connectivity index (χ1v) is 5.70. The van der Waals surface area contributed by atoms with E-state index >= 15 is 0 Å². The lowest BCUT2D eigenvalue weighted by Gasteiger charge is -2.15. The number of esters is 1. The van der Waals surface area contributed by atoms with Gasteiger partial charge in [-0.2, -0.15) is 0 Å². The third-order valence-electron chi connectivity index (χ3n) is 2.55. The second-order valence-electron chi connectivity index (χ2n) is 3.58. The molecule has 2 rings (SSSR count). The molecule has 0 saturated carbocycles. The van der Waals surface area contributed by atoms with Crippen LogP contribution in [0.4, 0.5) is 0 Å². The summed E-state index contributed by atoms with van der Waals surface area (Å²) >= 11 is 3.31. The Kier molecular flexibility index (Phi) is 3.26. The molecule has 92 valence electrons. The Bertz CT molecular complexity index is 471. The van der Waals surface area contributed by atoms with Gasteiger partial charge in [0.1, 0.15) is 0 Å². The lowest BCUT2D eigenvalue weighted by molar-refractivity contribution is -0.150. The molecule has 1 unspecified atom stereocenters. The van der Waals surface area contributed by atoms with Crippen molar-refractivity contribution in [1.29, 1.82) is 0 Å². The molecule has 17 heavy (non-hydrogen) atoms. The molecular weight excluding hydrogens is 292 g/mol. The molecule has 1 heterocycles. The molecule has 1 aliphatic rings. The number of hydrogen-bond acceptors (Lipinski definition) is 5. The molecule has 0 saturated heterocycles. The van der Waals surface area contributed by atoms with Crippen LogP contribution in [0.25, 0.3) is 0 Å². The molecule has 0 aliphatic carbocycles. The summed E-state index contributed by atoms with van der Waals surface area (Å²) in [5.74, 6) is 0.372. The van der Waals surface area contributed by atoms with Crippen LogP contribution in [0.3, 0.4) is 0 Å². The van der Waals surface area contributed by atoms with Gasteiger partial charge in [-0.3, -0.25) is 0 Å². The Morgan fingerprint density at radius 3 is 2.94 bits per heavy atom. The molecule has 1 atom stereocenters. The van der Waals surface area contributed by atoms with E-state index in [-0.39, 0.29) is 6.79 Å². The van der Waals surface area contributed by atoms with Gasteiger partial charge in [-0.05, 0) is 34.5 Å². The summed E-state index contributed by atoms with van der Waals surface area (Å²) in [6.45, 7) is 1.90. The van der Waals surface area contributed by atoms with E-state index in [2.05, 4.69) is 20.7 Å². The number of rotatable bonds is 2. The summed E-state index contributed by atoms with van der Waals surface area (Å²) in [6.07, 6.45) is -1.34. The zero-order valence-electron chi connectivity index (χ0n) is 9.32. The van der Waals surface area contributed by atoms with Crippen molar-refractivity contribution in [3.63, 3.8) is 0 Å². The summed E-state index contributed by atoms with van der Waals surface area (Å²) in [4.78, 5) is 11.4. The minimum absolute atomic E-state index is 0.130. The fourth-order valence-electron chi connectivity index (χ4n) is 1.70. The average Bonchev–Trinajstić information content (AvgIpc) is 2.75. The van der Waals surface area contributed by atoms with Gasteiger partial charge in [-0.15, -0.1) is 0 Å². The van der Waals surface area contributed by atoms with Crippen LogP contribution in [0, 0.1) is 6.92 Å². The molecule has 0 fully saturated rings. The molecule has 0 radical (unpaired) electrons. The van der Waals surface area contributed by atoms with E-state index in [9.17, 15) is 9.90 Å². The molecule has 0 amide bonds. The highest BCUT2D eigenvalue weighted by atomic mass is 79.9. The van der Waals surface area contributed by atoms with Crippen molar-refractivity contribution in [2.75, 3.05) is 13.9 Å². The Balaban J connectivity index is 2.51. The summed E-state index contributed by atoms with van der Waals surface area (Å²) in [7, 11) is 1.22. The van der Waals surface area contributed by atoms with Crippen LogP contribution in [-0.2, 0) is 9.53 Å². The molecule has 1 N–H and O–H groups in total. The maximum absolute atomic E-state index is 11.4. The first-order valence-electron chi connectivity index (χ1n) is 4.90. The van der Waals surface area contributed by atoms with E-state index < -0.39 is 12.1 Å².